The lowest BCUT2D eigenvalue weighted by molar-refractivity contribution is 0.588. The number of nitrogen functional groups attached to an aromatic ring is 1. The van der Waals surface area contributed by atoms with Crippen LogP contribution in [-0.4, -0.2) is 23.0 Å². The van der Waals surface area contributed by atoms with Crippen LogP contribution in [0.25, 0.3) is 22.2 Å². The van der Waals surface area contributed by atoms with Crippen molar-refractivity contribution >= 4 is 37.9 Å². The largest absolute Gasteiger partial charge is 0.384 e. The molecule has 0 unspecified atom stereocenters. The lowest BCUT2D eigenvalue weighted by Gasteiger charge is -2.10. The SMILES string of the molecule is CCCCCCn1c(N)c(S(=O)(=O)c2cc(C)ccc2C)c2nc3ccccc3nc21. The molecule has 2 N–H and O–H groups in total. The van der Waals surface area contributed by atoms with Crippen LogP contribution in [0.5, 0.6) is 0 Å². The Balaban J connectivity index is 1.98. The zero-order valence-corrected chi connectivity index (χ0v) is 19.0. The van der Waals surface area contributed by atoms with Crippen LogP contribution in [-0.2, 0) is 16.4 Å². The summed E-state index contributed by atoms with van der Waals surface area (Å²) in [5, 5.41) is 0. The number of anilines is 1. The van der Waals surface area contributed by atoms with Gasteiger partial charge in [-0.3, -0.25) is 0 Å². The molecule has 0 aliphatic rings. The summed E-state index contributed by atoms with van der Waals surface area (Å²) >= 11 is 0. The first-order chi connectivity index (χ1) is 14.8. The van der Waals surface area contributed by atoms with Crippen LogP contribution >= 0.6 is 0 Å². The minimum atomic E-state index is -3.88. The molecule has 0 spiro atoms. The summed E-state index contributed by atoms with van der Waals surface area (Å²) in [7, 11) is -3.88. The van der Waals surface area contributed by atoms with E-state index in [0.717, 1.165) is 36.8 Å². The van der Waals surface area contributed by atoms with Crippen LogP contribution in [0.1, 0.15) is 43.7 Å². The molecule has 0 bridgehead atoms. The van der Waals surface area contributed by atoms with Crippen molar-refractivity contribution in [3.05, 3.63) is 53.6 Å². The molecule has 162 valence electrons. The number of hydrogen-bond acceptors (Lipinski definition) is 5. The highest BCUT2D eigenvalue weighted by Crippen LogP contribution is 2.36. The first kappa shape index (κ1) is 21.3. The van der Waals surface area contributed by atoms with Crippen LogP contribution in [0, 0.1) is 13.8 Å². The van der Waals surface area contributed by atoms with E-state index in [2.05, 4.69) is 6.92 Å². The Morgan fingerprint density at radius 3 is 2.39 bits per heavy atom. The quantitative estimate of drug-likeness (QED) is 0.402. The number of hydrogen-bond donors (Lipinski definition) is 1. The fourth-order valence-corrected chi connectivity index (χ4v) is 5.81. The fraction of sp³-hybridized carbons (Fsp3) is 0.333. The van der Waals surface area contributed by atoms with Gasteiger partial charge in [0, 0.05) is 6.54 Å². The Morgan fingerprint density at radius 2 is 1.68 bits per heavy atom. The first-order valence-corrected chi connectivity index (χ1v) is 12.2. The van der Waals surface area contributed by atoms with Gasteiger partial charge in [-0.25, -0.2) is 18.4 Å². The summed E-state index contributed by atoms with van der Waals surface area (Å²) in [4.78, 5) is 9.79. The minimum Gasteiger partial charge on any atom is -0.384 e. The summed E-state index contributed by atoms with van der Waals surface area (Å²) in [5.74, 6) is 0.211. The summed E-state index contributed by atoms with van der Waals surface area (Å²) in [6.07, 6.45) is 4.20. The minimum absolute atomic E-state index is 0.0601. The molecule has 0 amide bonds. The standard InChI is InChI=1S/C24H28N4O2S/c1-4-5-6-9-14-28-23(25)22(31(29,30)20-15-16(2)12-13-17(20)3)21-24(28)27-19-11-8-7-10-18(19)26-21/h7-8,10-13,15H,4-6,9,14,25H2,1-3H3. The van der Waals surface area contributed by atoms with E-state index in [0.29, 0.717) is 28.8 Å². The molecule has 0 aliphatic carbocycles. The van der Waals surface area contributed by atoms with Crippen LogP contribution < -0.4 is 5.73 Å². The van der Waals surface area contributed by atoms with Crippen LogP contribution in [0.2, 0.25) is 0 Å². The molecule has 2 heterocycles. The third-order valence-corrected chi connectivity index (χ3v) is 7.64. The molecule has 0 aliphatic heterocycles. The van der Waals surface area contributed by atoms with Crippen LogP contribution in [0.4, 0.5) is 5.82 Å². The van der Waals surface area contributed by atoms with E-state index in [1.807, 2.05) is 47.9 Å². The number of unbranched alkanes of at least 4 members (excludes halogenated alkanes) is 3. The van der Waals surface area contributed by atoms with Crippen molar-refractivity contribution < 1.29 is 8.42 Å². The predicted molar refractivity (Wildman–Crippen MR) is 125 cm³/mol. The Kier molecular flexibility index (Phi) is 5.71. The van der Waals surface area contributed by atoms with Gasteiger partial charge in [-0.05, 0) is 49.6 Å². The molecule has 7 heteroatoms. The number of aromatic nitrogens is 3. The molecule has 6 nitrogen and oxygen atoms in total. The second-order valence-corrected chi connectivity index (χ2v) is 9.94. The lowest BCUT2D eigenvalue weighted by Crippen LogP contribution is -2.09. The molecular formula is C24H28N4O2S. The van der Waals surface area contributed by atoms with Gasteiger partial charge in [-0.1, -0.05) is 50.5 Å². The molecule has 2 aromatic heterocycles. The van der Waals surface area contributed by atoms with Gasteiger partial charge in [0.25, 0.3) is 0 Å². The molecule has 0 fully saturated rings. The second kappa shape index (κ2) is 8.30. The van der Waals surface area contributed by atoms with Gasteiger partial charge in [-0.2, -0.15) is 0 Å². The van der Waals surface area contributed by atoms with Crippen molar-refractivity contribution in [2.24, 2.45) is 0 Å². The number of aryl methyl sites for hydroxylation is 3. The Bertz CT molecular complexity index is 1370. The highest BCUT2D eigenvalue weighted by atomic mass is 32.2. The second-order valence-electron chi connectivity index (χ2n) is 8.08. The number of nitrogens with two attached hydrogens (primary N) is 1. The van der Waals surface area contributed by atoms with Gasteiger partial charge in [0.2, 0.25) is 9.84 Å². The molecule has 0 saturated carbocycles. The van der Waals surface area contributed by atoms with Crippen LogP contribution in [0.15, 0.2) is 52.3 Å². The molecule has 31 heavy (non-hydrogen) atoms. The molecule has 0 atom stereocenters. The monoisotopic (exact) mass is 436 g/mol. The van der Waals surface area contributed by atoms with E-state index >= 15 is 0 Å². The van der Waals surface area contributed by atoms with Gasteiger partial charge in [0.1, 0.15) is 16.2 Å². The lowest BCUT2D eigenvalue weighted by atomic mass is 10.2. The van der Waals surface area contributed by atoms with Crippen LogP contribution in [0.3, 0.4) is 0 Å². The zero-order chi connectivity index (χ0) is 22.2. The summed E-state index contributed by atoms with van der Waals surface area (Å²) in [6, 6.07) is 12.9. The average Bonchev–Trinajstić information content (AvgIpc) is 3.02. The highest BCUT2D eigenvalue weighted by Gasteiger charge is 2.31. The number of para-hydroxylation sites is 2. The maximum absolute atomic E-state index is 13.8. The molecule has 0 radical (unpaired) electrons. The predicted octanol–water partition coefficient (Wildman–Crippen LogP) is 5.20. The van der Waals surface area contributed by atoms with Crippen molar-refractivity contribution in [1.29, 1.82) is 0 Å². The number of nitrogens with zero attached hydrogens (tertiary/aromatic N) is 3. The zero-order valence-electron chi connectivity index (χ0n) is 18.2. The average molecular weight is 437 g/mol. The molecule has 2 aromatic carbocycles. The van der Waals surface area contributed by atoms with Crippen molar-refractivity contribution in [3.63, 3.8) is 0 Å². The number of sulfone groups is 1. The Labute approximate surface area is 183 Å². The molecule has 4 aromatic rings. The third-order valence-electron chi connectivity index (χ3n) is 5.68. The topological polar surface area (TPSA) is 90.9 Å². The Morgan fingerprint density at radius 1 is 0.968 bits per heavy atom. The van der Waals surface area contributed by atoms with E-state index in [4.69, 9.17) is 15.7 Å². The number of fused-ring (bicyclic) bond motifs is 2. The van der Waals surface area contributed by atoms with E-state index in [1.54, 1.807) is 13.0 Å². The fourth-order valence-electron chi connectivity index (χ4n) is 3.98. The summed E-state index contributed by atoms with van der Waals surface area (Å²) in [6.45, 7) is 6.45. The highest BCUT2D eigenvalue weighted by molar-refractivity contribution is 7.92. The Hall–Kier alpha value is -2.93. The van der Waals surface area contributed by atoms with Gasteiger partial charge in [0.05, 0.1) is 15.9 Å². The maximum atomic E-state index is 13.8. The van der Waals surface area contributed by atoms with E-state index in [-0.39, 0.29) is 15.6 Å². The maximum Gasteiger partial charge on any atom is 0.212 e. The molecule has 4 rings (SSSR count). The normalized spacial score (nSPS) is 12.1. The summed E-state index contributed by atoms with van der Waals surface area (Å²) < 4.78 is 29.4. The molecule has 0 saturated heterocycles. The third kappa shape index (κ3) is 3.78. The van der Waals surface area contributed by atoms with Crippen molar-refractivity contribution in [1.82, 2.24) is 14.5 Å². The van der Waals surface area contributed by atoms with Gasteiger partial charge in [0.15, 0.2) is 5.65 Å². The van der Waals surface area contributed by atoms with Gasteiger partial charge < -0.3 is 10.3 Å². The smallest absolute Gasteiger partial charge is 0.212 e. The summed E-state index contributed by atoms with van der Waals surface area (Å²) in [5.41, 5.74) is 10.3. The van der Waals surface area contributed by atoms with Crippen molar-refractivity contribution in [2.45, 2.75) is 62.8 Å². The van der Waals surface area contributed by atoms with Crippen molar-refractivity contribution in [2.75, 3.05) is 5.73 Å². The van der Waals surface area contributed by atoms with E-state index < -0.39 is 9.84 Å². The van der Waals surface area contributed by atoms with Gasteiger partial charge in [-0.15, -0.1) is 0 Å². The molecular weight excluding hydrogens is 408 g/mol. The number of rotatable bonds is 7. The van der Waals surface area contributed by atoms with E-state index in [1.165, 1.54) is 0 Å². The number of benzene rings is 2. The van der Waals surface area contributed by atoms with Crippen molar-refractivity contribution in [3.8, 4) is 0 Å². The van der Waals surface area contributed by atoms with Gasteiger partial charge >= 0.3 is 0 Å². The first-order valence-electron chi connectivity index (χ1n) is 10.7. The van der Waals surface area contributed by atoms with E-state index in [9.17, 15) is 8.42 Å².